The summed E-state index contributed by atoms with van der Waals surface area (Å²) in [5, 5.41) is 12.9. The maximum Gasteiger partial charge on any atom is 0.287 e. The van der Waals surface area contributed by atoms with E-state index < -0.39 is 0 Å². The first-order valence-corrected chi connectivity index (χ1v) is 14.5. The summed E-state index contributed by atoms with van der Waals surface area (Å²) >= 11 is 0. The zero-order chi connectivity index (χ0) is 28.2. The number of piperidine rings is 1. The van der Waals surface area contributed by atoms with E-state index in [1.807, 2.05) is 66.7 Å². The van der Waals surface area contributed by atoms with Crippen molar-refractivity contribution in [3.05, 3.63) is 101 Å². The van der Waals surface area contributed by atoms with E-state index in [0.717, 1.165) is 56.5 Å². The number of Topliss-reactive ketones (excluding diaryl/α,β-unsaturated/α-hetero) is 1. The van der Waals surface area contributed by atoms with Gasteiger partial charge in [-0.25, -0.2) is 0 Å². The Morgan fingerprint density at radius 1 is 0.878 bits per heavy atom. The zero-order valence-electron chi connectivity index (χ0n) is 23.1. The molecule has 0 unspecified atom stereocenters. The highest BCUT2D eigenvalue weighted by Crippen LogP contribution is 2.24. The van der Waals surface area contributed by atoms with Crippen LogP contribution in [0, 0.1) is 11.3 Å². The van der Waals surface area contributed by atoms with Gasteiger partial charge in [0.05, 0.1) is 11.6 Å². The summed E-state index contributed by atoms with van der Waals surface area (Å²) < 4.78 is 5.86. The van der Waals surface area contributed by atoms with Crippen LogP contribution in [0.2, 0.25) is 0 Å². The summed E-state index contributed by atoms with van der Waals surface area (Å²) in [4.78, 5) is 30.7. The summed E-state index contributed by atoms with van der Waals surface area (Å²) in [6.07, 6.45) is 4.48. The fourth-order valence-electron chi connectivity index (χ4n) is 5.87. The smallest absolute Gasteiger partial charge is 0.287 e. The number of likely N-dealkylation sites (tertiary alicyclic amines) is 1. The third kappa shape index (κ3) is 6.34. The van der Waals surface area contributed by atoms with Gasteiger partial charge in [-0.2, -0.15) is 5.26 Å². The van der Waals surface area contributed by atoms with Crippen molar-refractivity contribution in [2.75, 3.05) is 31.1 Å². The van der Waals surface area contributed by atoms with Crippen molar-refractivity contribution in [2.45, 2.75) is 44.7 Å². The van der Waals surface area contributed by atoms with Crippen LogP contribution < -0.4 is 10.2 Å². The molecule has 0 radical (unpaired) electrons. The molecule has 41 heavy (non-hydrogen) atoms. The Morgan fingerprint density at radius 3 is 2.29 bits per heavy atom. The van der Waals surface area contributed by atoms with Gasteiger partial charge >= 0.3 is 0 Å². The van der Waals surface area contributed by atoms with Crippen LogP contribution in [0.3, 0.4) is 0 Å². The van der Waals surface area contributed by atoms with E-state index >= 15 is 0 Å². The molecule has 0 aliphatic carbocycles. The van der Waals surface area contributed by atoms with Gasteiger partial charge in [0, 0.05) is 61.8 Å². The van der Waals surface area contributed by atoms with E-state index in [9.17, 15) is 9.59 Å². The van der Waals surface area contributed by atoms with Gasteiger partial charge in [-0.05, 0) is 91.4 Å². The number of nitriles is 1. The molecule has 3 aromatic carbocycles. The number of hydrogen-bond donors (Lipinski definition) is 1. The highest BCUT2D eigenvalue weighted by atomic mass is 16.3. The molecule has 2 aliphatic heterocycles. The number of nitrogens with zero attached hydrogens (tertiary/aromatic N) is 3. The van der Waals surface area contributed by atoms with Crippen LogP contribution in [0.5, 0.6) is 0 Å². The SMILES string of the molecule is N#Cc1ccc(CN2CCC(NC(=O)c3cc4cc(CC(=O)c5ccc(N6CCCC6)cc5)ccc4o3)CC2)cc1. The molecule has 7 nitrogen and oxygen atoms in total. The van der Waals surface area contributed by atoms with Gasteiger partial charge in [0.25, 0.3) is 5.91 Å². The Bertz CT molecular complexity index is 1570. The fourth-order valence-corrected chi connectivity index (χ4v) is 5.87. The second kappa shape index (κ2) is 12.0. The lowest BCUT2D eigenvalue weighted by Gasteiger charge is -2.32. The molecule has 1 aromatic heterocycles. The molecule has 0 saturated carbocycles. The average Bonchev–Trinajstić information content (AvgIpc) is 3.69. The van der Waals surface area contributed by atoms with Gasteiger partial charge < -0.3 is 14.6 Å². The molecule has 1 N–H and O–H groups in total. The van der Waals surface area contributed by atoms with Crippen LogP contribution in [0.1, 0.15) is 63.3 Å². The molecule has 2 aliphatic rings. The highest BCUT2D eigenvalue weighted by Gasteiger charge is 2.23. The molecule has 1 amide bonds. The third-order valence-corrected chi connectivity index (χ3v) is 8.24. The van der Waals surface area contributed by atoms with Crippen LogP contribution in [-0.4, -0.2) is 48.8 Å². The minimum Gasteiger partial charge on any atom is -0.451 e. The number of benzene rings is 3. The number of ketones is 1. The largest absolute Gasteiger partial charge is 0.451 e. The Balaban J connectivity index is 1.02. The molecular weight excluding hydrogens is 512 g/mol. The number of hydrogen-bond acceptors (Lipinski definition) is 6. The van der Waals surface area contributed by atoms with Crippen LogP contribution in [0.25, 0.3) is 11.0 Å². The predicted molar refractivity (Wildman–Crippen MR) is 159 cm³/mol. The van der Waals surface area contributed by atoms with Crippen molar-refractivity contribution < 1.29 is 14.0 Å². The summed E-state index contributed by atoms with van der Waals surface area (Å²) in [6.45, 7) is 4.79. The summed E-state index contributed by atoms with van der Waals surface area (Å²) in [5.41, 5.74) is 5.28. The molecule has 2 saturated heterocycles. The molecule has 0 bridgehead atoms. The van der Waals surface area contributed by atoms with Gasteiger partial charge in [0.2, 0.25) is 0 Å². The first kappa shape index (κ1) is 26.8. The monoisotopic (exact) mass is 546 g/mol. The van der Waals surface area contributed by atoms with Crippen molar-refractivity contribution in [2.24, 2.45) is 0 Å². The maximum atomic E-state index is 13.0. The molecule has 0 atom stereocenters. The second-order valence-electron chi connectivity index (χ2n) is 11.2. The number of anilines is 1. The van der Waals surface area contributed by atoms with Gasteiger partial charge in [0.15, 0.2) is 11.5 Å². The minimum absolute atomic E-state index is 0.0734. The molecule has 7 heteroatoms. The Morgan fingerprint density at radius 2 is 1.59 bits per heavy atom. The second-order valence-corrected chi connectivity index (χ2v) is 11.2. The Labute approximate surface area is 240 Å². The van der Waals surface area contributed by atoms with Gasteiger partial charge in [0.1, 0.15) is 5.58 Å². The molecule has 0 spiro atoms. The minimum atomic E-state index is -0.206. The van der Waals surface area contributed by atoms with Gasteiger partial charge in [-0.1, -0.05) is 18.2 Å². The van der Waals surface area contributed by atoms with E-state index in [1.165, 1.54) is 24.1 Å². The average molecular weight is 547 g/mol. The molecule has 6 rings (SSSR count). The number of carbonyl (C=O) groups is 2. The third-order valence-electron chi connectivity index (χ3n) is 8.24. The van der Waals surface area contributed by atoms with Gasteiger partial charge in [-0.15, -0.1) is 0 Å². The number of nitrogens with one attached hydrogen (secondary N) is 1. The van der Waals surface area contributed by atoms with Crippen LogP contribution in [0.15, 0.2) is 77.2 Å². The van der Waals surface area contributed by atoms with E-state index in [2.05, 4.69) is 21.2 Å². The number of amides is 1. The lowest BCUT2D eigenvalue weighted by Crippen LogP contribution is -2.44. The number of fused-ring (bicyclic) bond motifs is 1. The number of carbonyl (C=O) groups excluding carboxylic acids is 2. The normalized spacial score (nSPS) is 16.1. The van der Waals surface area contributed by atoms with E-state index in [-0.39, 0.29) is 17.7 Å². The van der Waals surface area contributed by atoms with Crippen LogP contribution in [0.4, 0.5) is 5.69 Å². The van der Waals surface area contributed by atoms with Gasteiger partial charge in [-0.3, -0.25) is 14.5 Å². The van der Waals surface area contributed by atoms with E-state index in [4.69, 9.17) is 9.68 Å². The number of furan rings is 1. The van der Waals surface area contributed by atoms with Crippen molar-refractivity contribution in [1.29, 1.82) is 5.26 Å². The first-order chi connectivity index (χ1) is 20.0. The molecule has 4 aromatic rings. The summed E-state index contributed by atoms with van der Waals surface area (Å²) in [6, 6.07) is 25.3. The molecule has 3 heterocycles. The zero-order valence-corrected chi connectivity index (χ0v) is 23.1. The van der Waals surface area contributed by atoms with E-state index in [1.54, 1.807) is 6.07 Å². The standard InChI is InChI=1S/C34H34N4O3/c35-22-24-3-5-25(6-4-24)23-37-17-13-29(14-18-37)36-34(40)33-21-28-19-26(7-12-32(28)41-33)20-31(39)27-8-10-30(11-9-27)38-15-1-2-16-38/h3-12,19,21,29H,1-2,13-18,20,23H2,(H,36,40). The van der Waals surface area contributed by atoms with Crippen molar-refractivity contribution in [3.8, 4) is 6.07 Å². The summed E-state index contributed by atoms with van der Waals surface area (Å²) in [5.74, 6) is 0.160. The van der Waals surface area contributed by atoms with Crippen molar-refractivity contribution >= 4 is 28.3 Å². The Hall–Kier alpha value is -4.41. The predicted octanol–water partition coefficient (Wildman–Crippen LogP) is 5.72. The quantitative estimate of drug-likeness (QED) is 0.284. The van der Waals surface area contributed by atoms with Crippen LogP contribution in [-0.2, 0) is 13.0 Å². The van der Waals surface area contributed by atoms with Crippen molar-refractivity contribution in [3.63, 3.8) is 0 Å². The molecular formula is C34H34N4O3. The maximum absolute atomic E-state index is 13.0. The lowest BCUT2D eigenvalue weighted by atomic mass is 10.0. The van der Waals surface area contributed by atoms with E-state index in [0.29, 0.717) is 28.9 Å². The lowest BCUT2D eigenvalue weighted by molar-refractivity contribution is 0.0882. The molecule has 208 valence electrons. The topological polar surface area (TPSA) is 89.6 Å². The fraction of sp³-hybridized carbons (Fsp3) is 0.324. The van der Waals surface area contributed by atoms with Crippen LogP contribution >= 0.6 is 0 Å². The van der Waals surface area contributed by atoms with Crippen molar-refractivity contribution in [1.82, 2.24) is 10.2 Å². The Kier molecular flexibility index (Phi) is 7.84. The molecule has 2 fully saturated rings. The number of rotatable bonds is 8. The highest BCUT2D eigenvalue weighted by molar-refractivity contribution is 5.99. The first-order valence-electron chi connectivity index (χ1n) is 14.5. The summed E-state index contributed by atoms with van der Waals surface area (Å²) in [7, 11) is 0.